The highest BCUT2D eigenvalue weighted by molar-refractivity contribution is 7.89. The predicted molar refractivity (Wildman–Crippen MR) is 79.7 cm³/mol. The van der Waals surface area contributed by atoms with E-state index in [-0.39, 0.29) is 39.8 Å². The van der Waals surface area contributed by atoms with E-state index < -0.39 is 16.0 Å². The van der Waals surface area contributed by atoms with Gasteiger partial charge in [0.05, 0.1) is 28.3 Å². The molecule has 21 heavy (non-hydrogen) atoms. The van der Waals surface area contributed by atoms with Gasteiger partial charge in [-0.2, -0.15) is 0 Å². The third kappa shape index (κ3) is 5.12. The molecule has 1 aromatic rings. The van der Waals surface area contributed by atoms with Gasteiger partial charge in [0.2, 0.25) is 10.0 Å². The van der Waals surface area contributed by atoms with Crippen molar-refractivity contribution in [3.8, 4) is 0 Å². The molecule has 0 saturated heterocycles. The number of hydrogen-bond donors (Lipinski definition) is 2. The van der Waals surface area contributed by atoms with Crippen molar-refractivity contribution in [2.75, 3.05) is 13.2 Å². The average Bonchev–Trinajstić information content (AvgIpc) is 2.33. The Hall–Kier alpha value is -0.860. The highest BCUT2D eigenvalue weighted by Gasteiger charge is 2.22. The summed E-state index contributed by atoms with van der Waals surface area (Å²) in [7, 11) is -3.95. The second-order valence-corrected chi connectivity index (χ2v) is 6.93. The number of hydrogen-bond acceptors (Lipinski definition) is 4. The largest absolute Gasteiger partial charge is 0.478 e. The van der Waals surface area contributed by atoms with Gasteiger partial charge >= 0.3 is 5.97 Å². The van der Waals surface area contributed by atoms with Gasteiger partial charge in [0.25, 0.3) is 0 Å². The van der Waals surface area contributed by atoms with Crippen LogP contribution in [0.25, 0.3) is 0 Å². The number of sulfonamides is 1. The standard InChI is InChI=1S/C12H15Cl2NO5S/c1-7(2)20-4-3-15-21(18,19)11-5-8(12(16)17)9(13)6-10(11)14/h5-7,15H,3-4H2,1-2H3,(H,16,17). The van der Waals surface area contributed by atoms with Gasteiger partial charge in [-0.3, -0.25) is 0 Å². The average molecular weight is 356 g/mol. The molecule has 2 N–H and O–H groups in total. The topological polar surface area (TPSA) is 92.7 Å². The maximum absolute atomic E-state index is 12.1. The van der Waals surface area contributed by atoms with Gasteiger partial charge in [-0.15, -0.1) is 0 Å². The Labute approximate surface area is 133 Å². The third-order valence-electron chi connectivity index (χ3n) is 2.39. The lowest BCUT2D eigenvalue weighted by Crippen LogP contribution is -2.28. The van der Waals surface area contributed by atoms with Gasteiger partial charge in [-0.1, -0.05) is 23.2 Å². The fourth-order valence-corrected chi connectivity index (χ4v) is 3.31. The molecule has 6 nitrogen and oxygen atoms in total. The Morgan fingerprint density at radius 3 is 2.48 bits per heavy atom. The van der Waals surface area contributed by atoms with Crippen molar-refractivity contribution in [2.24, 2.45) is 0 Å². The first kappa shape index (κ1) is 18.2. The number of carboxylic acids is 1. The van der Waals surface area contributed by atoms with Crippen LogP contribution in [0.15, 0.2) is 17.0 Å². The summed E-state index contributed by atoms with van der Waals surface area (Å²) >= 11 is 11.5. The van der Waals surface area contributed by atoms with Crippen molar-refractivity contribution in [3.05, 3.63) is 27.7 Å². The lowest BCUT2D eigenvalue weighted by molar-refractivity contribution is 0.0696. The Morgan fingerprint density at radius 2 is 1.95 bits per heavy atom. The molecule has 0 amide bonds. The summed E-state index contributed by atoms with van der Waals surface area (Å²) in [6.45, 7) is 3.88. The smallest absolute Gasteiger partial charge is 0.337 e. The van der Waals surface area contributed by atoms with Crippen molar-refractivity contribution in [3.63, 3.8) is 0 Å². The van der Waals surface area contributed by atoms with Crippen LogP contribution in [0.1, 0.15) is 24.2 Å². The van der Waals surface area contributed by atoms with Crippen molar-refractivity contribution in [1.29, 1.82) is 0 Å². The van der Waals surface area contributed by atoms with Gasteiger partial charge in [0.1, 0.15) is 4.90 Å². The summed E-state index contributed by atoms with van der Waals surface area (Å²) in [4.78, 5) is 10.6. The van der Waals surface area contributed by atoms with E-state index in [2.05, 4.69) is 4.72 Å². The summed E-state index contributed by atoms with van der Waals surface area (Å²) in [6.07, 6.45) is -0.0211. The first-order valence-electron chi connectivity index (χ1n) is 5.98. The number of rotatable bonds is 7. The van der Waals surface area contributed by atoms with E-state index in [1.165, 1.54) is 0 Å². The lowest BCUT2D eigenvalue weighted by Gasteiger charge is -2.11. The number of ether oxygens (including phenoxy) is 1. The van der Waals surface area contributed by atoms with E-state index in [0.29, 0.717) is 0 Å². The summed E-state index contributed by atoms with van der Waals surface area (Å²) in [6, 6.07) is 2.02. The minimum absolute atomic E-state index is 0.0211. The zero-order valence-corrected chi connectivity index (χ0v) is 13.7. The van der Waals surface area contributed by atoms with Gasteiger partial charge in [0.15, 0.2) is 0 Å². The van der Waals surface area contributed by atoms with Gasteiger partial charge in [-0.25, -0.2) is 17.9 Å². The molecule has 118 valence electrons. The van der Waals surface area contributed by atoms with Crippen molar-refractivity contribution in [1.82, 2.24) is 4.72 Å². The van der Waals surface area contributed by atoms with E-state index in [1.807, 2.05) is 13.8 Å². The van der Waals surface area contributed by atoms with Gasteiger partial charge < -0.3 is 9.84 Å². The van der Waals surface area contributed by atoms with Crippen LogP contribution in [0, 0.1) is 0 Å². The van der Waals surface area contributed by atoms with Gasteiger partial charge in [-0.05, 0) is 26.0 Å². The molecule has 0 aliphatic carbocycles. The minimum Gasteiger partial charge on any atom is -0.478 e. The molecule has 0 saturated carbocycles. The molecule has 0 unspecified atom stereocenters. The maximum Gasteiger partial charge on any atom is 0.337 e. The molecular weight excluding hydrogens is 341 g/mol. The van der Waals surface area contributed by atoms with E-state index in [1.54, 1.807) is 0 Å². The number of nitrogens with one attached hydrogen (secondary N) is 1. The summed E-state index contributed by atoms with van der Waals surface area (Å²) < 4.78 is 31.7. The zero-order valence-electron chi connectivity index (χ0n) is 11.4. The second-order valence-electron chi connectivity index (χ2n) is 4.38. The SMILES string of the molecule is CC(C)OCCNS(=O)(=O)c1cc(C(=O)O)c(Cl)cc1Cl. The Morgan fingerprint density at radius 1 is 1.33 bits per heavy atom. The molecule has 0 bridgehead atoms. The summed E-state index contributed by atoms with van der Waals surface area (Å²) in [5, 5.41) is 8.68. The Kier molecular flexibility index (Phi) is 6.42. The van der Waals surface area contributed by atoms with Crippen LogP contribution < -0.4 is 4.72 Å². The third-order valence-corrected chi connectivity index (χ3v) is 4.63. The Bertz CT molecular complexity index is 631. The molecule has 0 spiro atoms. The monoisotopic (exact) mass is 355 g/mol. The van der Waals surface area contributed by atoms with E-state index in [9.17, 15) is 13.2 Å². The maximum atomic E-state index is 12.1. The Balaban J connectivity index is 2.97. The van der Waals surface area contributed by atoms with E-state index >= 15 is 0 Å². The van der Waals surface area contributed by atoms with Crippen LogP contribution in [0.5, 0.6) is 0 Å². The molecule has 1 aromatic carbocycles. The highest BCUT2D eigenvalue weighted by atomic mass is 35.5. The van der Waals surface area contributed by atoms with Crippen LogP contribution in [0.3, 0.4) is 0 Å². The lowest BCUT2D eigenvalue weighted by atomic mass is 10.2. The van der Waals surface area contributed by atoms with Crippen LogP contribution in [0.4, 0.5) is 0 Å². The molecule has 9 heteroatoms. The number of aromatic carboxylic acids is 1. The normalized spacial score (nSPS) is 11.9. The first-order valence-corrected chi connectivity index (χ1v) is 8.22. The zero-order chi connectivity index (χ0) is 16.2. The molecule has 0 aliphatic rings. The van der Waals surface area contributed by atoms with Crippen molar-refractivity contribution >= 4 is 39.2 Å². The molecule has 1 rings (SSSR count). The molecule has 0 aliphatic heterocycles. The summed E-state index contributed by atoms with van der Waals surface area (Å²) in [5.74, 6) is -1.34. The number of benzene rings is 1. The molecule has 0 radical (unpaired) electrons. The fourth-order valence-electron chi connectivity index (χ4n) is 1.45. The number of carboxylic acid groups (broad SMARTS) is 1. The molecule has 0 atom stereocenters. The van der Waals surface area contributed by atoms with Crippen LogP contribution in [-0.4, -0.2) is 38.7 Å². The quantitative estimate of drug-likeness (QED) is 0.732. The van der Waals surface area contributed by atoms with Crippen molar-refractivity contribution < 1.29 is 23.1 Å². The van der Waals surface area contributed by atoms with Crippen LogP contribution in [0.2, 0.25) is 10.0 Å². The fraction of sp³-hybridized carbons (Fsp3) is 0.417. The van der Waals surface area contributed by atoms with E-state index in [0.717, 1.165) is 12.1 Å². The number of halogens is 2. The van der Waals surface area contributed by atoms with Crippen LogP contribution in [-0.2, 0) is 14.8 Å². The highest BCUT2D eigenvalue weighted by Crippen LogP contribution is 2.28. The second kappa shape index (κ2) is 7.42. The van der Waals surface area contributed by atoms with Crippen LogP contribution >= 0.6 is 23.2 Å². The van der Waals surface area contributed by atoms with E-state index in [4.69, 9.17) is 33.0 Å². The predicted octanol–water partition coefficient (Wildman–Crippen LogP) is 2.39. The minimum atomic E-state index is -3.95. The molecular formula is C12H15Cl2NO5S. The molecule has 0 aromatic heterocycles. The summed E-state index contributed by atoms with van der Waals surface area (Å²) in [5.41, 5.74) is -0.333. The number of carbonyl (C=O) groups is 1. The first-order chi connectivity index (χ1) is 9.65. The molecule has 0 fully saturated rings. The van der Waals surface area contributed by atoms with Crippen molar-refractivity contribution in [2.45, 2.75) is 24.8 Å². The van der Waals surface area contributed by atoms with Gasteiger partial charge in [0, 0.05) is 6.54 Å². The molecule has 0 heterocycles.